The topological polar surface area (TPSA) is 16.1 Å². The second-order valence-electron chi connectivity index (χ2n) is 4.52. The molecular weight excluding hydrogens is 184 g/mol. The van der Waals surface area contributed by atoms with E-state index in [-0.39, 0.29) is 0 Å². The molecule has 0 N–H and O–H groups in total. The first-order valence-corrected chi connectivity index (χ1v) is 5.93. The maximum Gasteiger partial charge on any atom is 0.0438 e. The zero-order valence-electron chi connectivity index (χ0n) is 9.74. The molecule has 1 aliphatic heterocycles. The molecule has 2 nitrogen and oxygen atoms in total. The summed E-state index contributed by atoms with van der Waals surface area (Å²) >= 11 is 0. The van der Waals surface area contributed by atoms with Crippen molar-refractivity contribution in [2.45, 2.75) is 32.1 Å². The molecule has 0 spiro atoms. The highest BCUT2D eigenvalue weighted by molar-refractivity contribution is 5.19. The SMILES string of the molecule is CCc1ccnc(C2CCN(C)CC2)c1. The highest BCUT2D eigenvalue weighted by Crippen LogP contribution is 2.26. The van der Waals surface area contributed by atoms with Crippen LogP contribution in [0.2, 0.25) is 0 Å². The van der Waals surface area contributed by atoms with E-state index in [0.717, 1.165) is 6.42 Å². The van der Waals surface area contributed by atoms with E-state index in [9.17, 15) is 0 Å². The first-order valence-electron chi connectivity index (χ1n) is 5.93. The number of aromatic nitrogens is 1. The van der Waals surface area contributed by atoms with Crippen molar-refractivity contribution in [3.05, 3.63) is 29.6 Å². The highest BCUT2D eigenvalue weighted by Gasteiger charge is 2.19. The molecule has 2 rings (SSSR count). The number of hydrogen-bond donors (Lipinski definition) is 0. The van der Waals surface area contributed by atoms with Gasteiger partial charge in [0.15, 0.2) is 0 Å². The van der Waals surface area contributed by atoms with Crippen LogP contribution in [0.4, 0.5) is 0 Å². The van der Waals surface area contributed by atoms with E-state index in [1.165, 1.54) is 37.2 Å². The summed E-state index contributed by atoms with van der Waals surface area (Å²) < 4.78 is 0. The van der Waals surface area contributed by atoms with Gasteiger partial charge in [-0.25, -0.2) is 0 Å². The molecule has 1 fully saturated rings. The molecule has 82 valence electrons. The Bertz CT molecular complexity index is 314. The Balaban J connectivity index is 2.08. The number of likely N-dealkylation sites (tertiary alicyclic amines) is 1. The van der Waals surface area contributed by atoms with Crippen LogP contribution in [-0.2, 0) is 6.42 Å². The smallest absolute Gasteiger partial charge is 0.0438 e. The molecule has 0 bridgehead atoms. The van der Waals surface area contributed by atoms with E-state index < -0.39 is 0 Å². The molecular formula is C13H20N2. The van der Waals surface area contributed by atoms with Crippen molar-refractivity contribution in [2.75, 3.05) is 20.1 Å². The Hall–Kier alpha value is -0.890. The molecule has 0 amide bonds. The first kappa shape index (κ1) is 10.6. The van der Waals surface area contributed by atoms with Gasteiger partial charge in [0.2, 0.25) is 0 Å². The fourth-order valence-electron chi connectivity index (χ4n) is 2.24. The van der Waals surface area contributed by atoms with E-state index in [0.29, 0.717) is 5.92 Å². The normalized spacial score (nSPS) is 19.3. The quantitative estimate of drug-likeness (QED) is 0.735. The van der Waals surface area contributed by atoms with Crippen LogP contribution in [-0.4, -0.2) is 30.0 Å². The lowest BCUT2D eigenvalue weighted by atomic mass is 9.92. The minimum atomic E-state index is 0.688. The van der Waals surface area contributed by atoms with Crippen molar-refractivity contribution >= 4 is 0 Å². The summed E-state index contributed by atoms with van der Waals surface area (Å²) in [4.78, 5) is 6.92. The van der Waals surface area contributed by atoms with Crippen LogP contribution in [0.3, 0.4) is 0 Å². The fourth-order valence-corrected chi connectivity index (χ4v) is 2.24. The van der Waals surface area contributed by atoms with Crippen LogP contribution in [0.1, 0.15) is 36.9 Å². The van der Waals surface area contributed by atoms with Gasteiger partial charge >= 0.3 is 0 Å². The first-order chi connectivity index (χ1) is 7.29. The minimum Gasteiger partial charge on any atom is -0.306 e. The van der Waals surface area contributed by atoms with Gasteiger partial charge in [0.1, 0.15) is 0 Å². The third-order valence-electron chi connectivity index (χ3n) is 3.39. The monoisotopic (exact) mass is 204 g/mol. The molecule has 0 unspecified atom stereocenters. The van der Waals surface area contributed by atoms with E-state index in [1.54, 1.807) is 0 Å². The Morgan fingerprint density at radius 2 is 2.13 bits per heavy atom. The van der Waals surface area contributed by atoms with Crippen LogP contribution in [0.15, 0.2) is 18.3 Å². The molecule has 0 saturated carbocycles. The number of rotatable bonds is 2. The molecule has 15 heavy (non-hydrogen) atoms. The molecule has 2 heterocycles. The summed E-state index contributed by atoms with van der Waals surface area (Å²) in [6.45, 7) is 4.62. The van der Waals surface area contributed by atoms with Gasteiger partial charge in [-0.2, -0.15) is 0 Å². The molecule has 0 aromatic carbocycles. The molecule has 1 aliphatic rings. The van der Waals surface area contributed by atoms with Crippen molar-refractivity contribution in [1.29, 1.82) is 0 Å². The molecule has 1 aromatic heterocycles. The van der Waals surface area contributed by atoms with Gasteiger partial charge in [-0.3, -0.25) is 4.98 Å². The lowest BCUT2D eigenvalue weighted by Crippen LogP contribution is -2.29. The van der Waals surface area contributed by atoms with Crippen LogP contribution in [0.5, 0.6) is 0 Å². The number of aryl methyl sites for hydroxylation is 1. The van der Waals surface area contributed by atoms with Gasteiger partial charge in [-0.1, -0.05) is 6.92 Å². The van der Waals surface area contributed by atoms with Crippen molar-refractivity contribution < 1.29 is 0 Å². The number of hydrogen-bond acceptors (Lipinski definition) is 2. The molecule has 2 heteroatoms. The Kier molecular flexibility index (Phi) is 3.37. The molecule has 0 atom stereocenters. The van der Waals surface area contributed by atoms with Crippen LogP contribution >= 0.6 is 0 Å². The van der Waals surface area contributed by atoms with Crippen molar-refractivity contribution in [3.63, 3.8) is 0 Å². The number of pyridine rings is 1. The summed E-state index contributed by atoms with van der Waals surface area (Å²) in [5.41, 5.74) is 2.72. The average Bonchev–Trinajstić information content (AvgIpc) is 2.30. The summed E-state index contributed by atoms with van der Waals surface area (Å²) in [5.74, 6) is 0.688. The Labute approximate surface area is 92.3 Å². The molecule has 1 aromatic rings. The Morgan fingerprint density at radius 3 is 2.80 bits per heavy atom. The van der Waals surface area contributed by atoms with Gasteiger partial charge in [-0.05, 0) is 57.1 Å². The largest absolute Gasteiger partial charge is 0.306 e. The summed E-state index contributed by atoms with van der Waals surface area (Å²) in [6.07, 6.45) is 5.60. The maximum atomic E-state index is 4.52. The second-order valence-corrected chi connectivity index (χ2v) is 4.52. The zero-order valence-corrected chi connectivity index (χ0v) is 9.74. The van der Waals surface area contributed by atoms with Crippen LogP contribution < -0.4 is 0 Å². The summed E-state index contributed by atoms with van der Waals surface area (Å²) in [6, 6.07) is 4.41. The highest BCUT2D eigenvalue weighted by atomic mass is 15.1. The van der Waals surface area contributed by atoms with Crippen molar-refractivity contribution in [2.24, 2.45) is 0 Å². The standard InChI is InChI=1S/C13H20N2/c1-3-11-4-7-14-13(10-11)12-5-8-15(2)9-6-12/h4,7,10,12H,3,5-6,8-9H2,1-2H3. The molecule has 0 aliphatic carbocycles. The predicted molar refractivity (Wildman–Crippen MR) is 63.1 cm³/mol. The molecule has 0 radical (unpaired) electrons. The number of piperidine rings is 1. The van der Waals surface area contributed by atoms with E-state index in [1.807, 2.05) is 6.20 Å². The summed E-state index contributed by atoms with van der Waals surface area (Å²) in [5, 5.41) is 0. The van der Waals surface area contributed by atoms with E-state index in [4.69, 9.17) is 0 Å². The van der Waals surface area contributed by atoms with Gasteiger partial charge < -0.3 is 4.90 Å². The lowest BCUT2D eigenvalue weighted by Gasteiger charge is -2.28. The third-order valence-corrected chi connectivity index (χ3v) is 3.39. The Morgan fingerprint density at radius 1 is 1.40 bits per heavy atom. The van der Waals surface area contributed by atoms with E-state index in [2.05, 4.69) is 36.0 Å². The second kappa shape index (κ2) is 4.75. The summed E-state index contributed by atoms with van der Waals surface area (Å²) in [7, 11) is 2.20. The molecule has 1 saturated heterocycles. The van der Waals surface area contributed by atoms with Gasteiger partial charge in [0.25, 0.3) is 0 Å². The third kappa shape index (κ3) is 2.57. The zero-order chi connectivity index (χ0) is 10.7. The van der Waals surface area contributed by atoms with E-state index >= 15 is 0 Å². The number of nitrogens with zero attached hydrogens (tertiary/aromatic N) is 2. The maximum absolute atomic E-state index is 4.52. The average molecular weight is 204 g/mol. The van der Waals surface area contributed by atoms with Gasteiger partial charge in [0, 0.05) is 17.8 Å². The predicted octanol–water partition coefficient (Wildman–Crippen LogP) is 2.45. The fraction of sp³-hybridized carbons (Fsp3) is 0.615. The van der Waals surface area contributed by atoms with Crippen LogP contribution in [0.25, 0.3) is 0 Å². The minimum absolute atomic E-state index is 0.688. The van der Waals surface area contributed by atoms with Crippen molar-refractivity contribution in [3.8, 4) is 0 Å². The van der Waals surface area contributed by atoms with Gasteiger partial charge in [0.05, 0.1) is 0 Å². The van der Waals surface area contributed by atoms with Crippen LogP contribution in [0, 0.1) is 0 Å². The van der Waals surface area contributed by atoms with Crippen molar-refractivity contribution in [1.82, 2.24) is 9.88 Å². The lowest BCUT2D eigenvalue weighted by molar-refractivity contribution is 0.253. The van der Waals surface area contributed by atoms with Gasteiger partial charge in [-0.15, -0.1) is 0 Å².